The molecule has 0 spiro atoms. The van der Waals surface area contributed by atoms with Gasteiger partial charge in [0.15, 0.2) is 23.0 Å². The second-order valence-electron chi connectivity index (χ2n) is 8.08. The van der Waals surface area contributed by atoms with Crippen LogP contribution in [0.25, 0.3) is 0 Å². The van der Waals surface area contributed by atoms with Crippen molar-refractivity contribution < 1.29 is 32.2 Å². The summed E-state index contributed by atoms with van der Waals surface area (Å²) in [6, 6.07) is 18.2. The number of amides is 1. The summed E-state index contributed by atoms with van der Waals surface area (Å²) >= 11 is 0. The zero-order valence-corrected chi connectivity index (χ0v) is 21.6. The highest BCUT2D eigenvalue weighted by Crippen LogP contribution is 2.35. The molecule has 0 unspecified atom stereocenters. The Kier molecular flexibility index (Phi) is 8.39. The lowest BCUT2D eigenvalue weighted by molar-refractivity contribution is -0.119. The number of carbonyl (C=O) groups excluding carboxylic acids is 1. The molecule has 0 saturated carbocycles. The minimum atomic E-state index is -4.05. The van der Waals surface area contributed by atoms with Crippen LogP contribution in [0.4, 0.5) is 5.69 Å². The van der Waals surface area contributed by atoms with E-state index in [0.717, 1.165) is 9.87 Å². The van der Waals surface area contributed by atoms with E-state index in [2.05, 4.69) is 5.32 Å². The molecule has 37 heavy (non-hydrogen) atoms. The maximum Gasteiger partial charge on any atom is 0.264 e. The number of hydrogen-bond donors (Lipinski definition) is 1. The SMILES string of the molecule is CCOc1ccc(CNC(=O)CN(c2ccc3c(c2)OCCO3)S(=O)(=O)c2ccccc2)cc1OCC. The van der Waals surface area contributed by atoms with Gasteiger partial charge in [0, 0.05) is 12.6 Å². The Labute approximate surface area is 217 Å². The number of hydrogen-bond acceptors (Lipinski definition) is 7. The van der Waals surface area contributed by atoms with Crippen LogP contribution in [-0.4, -0.2) is 47.3 Å². The van der Waals surface area contributed by atoms with Crippen molar-refractivity contribution in [3.63, 3.8) is 0 Å². The minimum Gasteiger partial charge on any atom is -0.490 e. The van der Waals surface area contributed by atoms with Crippen LogP contribution in [0.1, 0.15) is 19.4 Å². The molecule has 196 valence electrons. The Bertz CT molecular complexity index is 1330. The second kappa shape index (κ2) is 11.9. The van der Waals surface area contributed by atoms with Crippen LogP contribution in [0, 0.1) is 0 Å². The highest BCUT2D eigenvalue weighted by Gasteiger charge is 2.28. The molecule has 0 atom stereocenters. The van der Waals surface area contributed by atoms with Crippen molar-refractivity contribution in [3.8, 4) is 23.0 Å². The summed E-state index contributed by atoms with van der Waals surface area (Å²) in [6.45, 7) is 5.27. The normalized spacial score (nSPS) is 12.5. The zero-order chi connectivity index (χ0) is 26.3. The summed E-state index contributed by atoms with van der Waals surface area (Å²) in [4.78, 5) is 13.1. The number of nitrogens with zero attached hydrogens (tertiary/aromatic N) is 1. The first kappa shape index (κ1) is 26.2. The van der Waals surface area contributed by atoms with Crippen LogP contribution >= 0.6 is 0 Å². The van der Waals surface area contributed by atoms with Crippen molar-refractivity contribution in [3.05, 3.63) is 72.3 Å². The fraction of sp³-hybridized carbons (Fsp3) is 0.296. The molecule has 0 radical (unpaired) electrons. The Hall–Kier alpha value is -3.92. The topological polar surface area (TPSA) is 103 Å². The quantitative estimate of drug-likeness (QED) is 0.406. The van der Waals surface area contributed by atoms with E-state index in [-0.39, 0.29) is 11.4 Å². The van der Waals surface area contributed by atoms with Crippen molar-refractivity contribution in [2.24, 2.45) is 0 Å². The highest BCUT2D eigenvalue weighted by molar-refractivity contribution is 7.92. The smallest absolute Gasteiger partial charge is 0.264 e. The number of anilines is 1. The lowest BCUT2D eigenvalue weighted by Gasteiger charge is -2.26. The van der Waals surface area contributed by atoms with E-state index in [1.165, 1.54) is 12.1 Å². The Morgan fingerprint density at radius 1 is 0.892 bits per heavy atom. The van der Waals surface area contributed by atoms with Crippen molar-refractivity contribution in [1.82, 2.24) is 5.32 Å². The maximum absolute atomic E-state index is 13.6. The monoisotopic (exact) mass is 526 g/mol. The summed E-state index contributed by atoms with van der Waals surface area (Å²) in [6.07, 6.45) is 0. The molecule has 1 amide bonds. The van der Waals surface area contributed by atoms with Gasteiger partial charge in [0.2, 0.25) is 5.91 Å². The molecule has 0 aliphatic carbocycles. The summed E-state index contributed by atoms with van der Waals surface area (Å²) in [5, 5.41) is 2.81. The fourth-order valence-corrected chi connectivity index (χ4v) is 5.25. The molecular formula is C27H30N2O7S. The summed E-state index contributed by atoms with van der Waals surface area (Å²) < 4.78 is 50.6. The van der Waals surface area contributed by atoms with E-state index in [1.807, 2.05) is 19.9 Å². The minimum absolute atomic E-state index is 0.0746. The van der Waals surface area contributed by atoms with E-state index >= 15 is 0 Å². The Morgan fingerprint density at radius 2 is 1.59 bits per heavy atom. The van der Waals surface area contributed by atoms with Gasteiger partial charge in [-0.05, 0) is 55.8 Å². The predicted molar refractivity (Wildman–Crippen MR) is 139 cm³/mol. The average Bonchev–Trinajstić information content (AvgIpc) is 2.92. The summed E-state index contributed by atoms with van der Waals surface area (Å²) in [5.74, 6) is 1.69. The number of nitrogens with one attached hydrogen (secondary N) is 1. The maximum atomic E-state index is 13.6. The molecule has 1 aliphatic heterocycles. The second-order valence-corrected chi connectivity index (χ2v) is 9.94. The third kappa shape index (κ3) is 6.26. The van der Waals surface area contributed by atoms with Gasteiger partial charge in [-0.2, -0.15) is 0 Å². The molecule has 1 N–H and O–H groups in total. The van der Waals surface area contributed by atoms with E-state index in [4.69, 9.17) is 18.9 Å². The number of sulfonamides is 1. The number of carbonyl (C=O) groups is 1. The Morgan fingerprint density at radius 3 is 2.32 bits per heavy atom. The molecule has 9 nitrogen and oxygen atoms in total. The zero-order valence-electron chi connectivity index (χ0n) is 20.8. The molecule has 3 aromatic rings. The molecule has 1 aliphatic rings. The summed E-state index contributed by atoms with van der Waals surface area (Å²) in [5.41, 5.74) is 1.08. The molecule has 0 aromatic heterocycles. The van der Waals surface area contributed by atoms with Crippen molar-refractivity contribution in [2.75, 3.05) is 37.3 Å². The first-order valence-corrected chi connectivity index (χ1v) is 13.5. The standard InChI is InChI=1S/C27H30N2O7S/c1-3-33-23-12-10-20(16-25(23)34-4-2)18-28-27(30)19-29(37(31,32)22-8-6-5-7-9-22)21-11-13-24-26(17-21)36-15-14-35-24/h5-13,16-17H,3-4,14-15,18-19H2,1-2H3,(H,28,30). The molecule has 0 bridgehead atoms. The third-order valence-corrected chi connectivity index (χ3v) is 7.32. The Balaban J connectivity index is 1.55. The van der Waals surface area contributed by atoms with Crippen LogP contribution in [0.3, 0.4) is 0 Å². The molecule has 1 heterocycles. The lowest BCUT2D eigenvalue weighted by atomic mass is 10.2. The highest BCUT2D eigenvalue weighted by atomic mass is 32.2. The number of rotatable bonds is 11. The van der Waals surface area contributed by atoms with Gasteiger partial charge in [-0.25, -0.2) is 8.42 Å². The predicted octanol–water partition coefficient (Wildman–Crippen LogP) is 3.77. The van der Waals surface area contributed by atoms with Crippen LogP contribution < -0.4 is 28.6 Å². The number of ether oxygens (including phenoxy) is 4. The molecule has 10 heteroatoms. The first-order chi connectivity index (χ1) is 17.9. The van der Waals surface area contributed by atoms with Gasteiger partial charge in [0.1, 0.15) is 19.8 Å². The van der Waals surface area contributed by atoms with Gasteiger partial charge >= 0.3 is 0 Å². The molecular weight excluding hydrogens is 496 g/mol. The summed E-state index contributed by atoms with van der Waals surface area (Å²) in [7, 11) is -4.05. The van der Waals surface area contributed by atoms with Crippen molar-refractivity contribution in [1.29, 1.82) is 0 Å². The lowest BCUT2D eigenvalue weighted by Crippen LogP contribution is -2.40. The van der Waals surface area contributed by atoms with E-state index in [1.54, 1.807) is 48.5 Å². The number of benzene rings is 3. The van der Waals surface area contributed by atoms with E-state index in [0.29, 0.717) is 55.1 Å². The van der Waals surface area contributed by atoms with Gasteiger partial charge in [0.25, 0.3) is 10.0 Å². The average molecular weight is 527 g/mol. The van der Waals surface area contributed by atoms with Crippen molar-refractivity contribution >= 4 is 21.6 Å². The van der Waals surface area contributed by atoms with Gasteiger partial charge in [0.05, 0.1) is 23.8 Å². The van der Waals surface area contributed by atoms with Crippen molar-refractivity contribution in [2.45, 2.75) is 25.3 Å². The van der Waals surface area contributed by atoms with Gasteiger partial charge in [-0.1, -0.05) is 24.3 Å². The fourth-order valence-electron chi connectivity index (χ4n) is 3.81. The van der Waals surface area contributed by atoms with Crippen LogP contribution in [0.15, 0.2) is 71.6 Å². The van der Waals surface area contributed by atoms with Crippen LogP contribution in [-0.2, 0) is 21.4 Å². The molecule has 4 rings (SSSR count). The van der Waals surface area contributed by atoms with Gasteiger partial charge in [-0.3, -0.25) is 9.10 Å². The first-order valence-electron chi connectivity index (χ1n) is 12.0. The molecule has 3 aromatic carbocycles. The van der Waals surface area contributed by atoms with E-state index in [9.17, 15) is 13.2 Å². The third-order valence-electron chi connectivity index (χ3n) is 5.53. The van der Waals surface area contributed by atoms with Crippen LogP contribution in [0.2, 0.25) is 0 Å². The number of fused-ring (bicyclic) bond motifs is 1. The van der Waals surface area contributed by atoms with E-state index < -0.39 is 22.5 Å². The van der Waals surface area contributed by atoms with Gasteiger partial charge < -0.3 is 24.3 Å². The largest absolute Gasteiger partial charge is 0.490 e. The van der Waals surface area contributed by atoms with Crippen LogP contribution in [0.5, 0.6) is 23.0 Å². The van der Waals surface area contributed by atoms with Gasteiger partial charge in [-0.15, -0.1) is 0 Å². The molecule has 0 fully saturated rings. The molecule has 0 saturated heterocycles.